The third kappa shape index (κ3) is 5.52. The largest absolute Gasteiger partial charge is 0.497 e. The van der Waals surface area contributed by atoms with E-state index in [2.05, 4.69) is 6.92 Å². The van der Waals surface area contributed by atoms with Crippen LogP contribution in [0, 0.1) is 0 Å². The molecule has 4 heteroatoms. The van der Waals surface area contributed by atoms with Crippen LogP contribution in [-0.2, 0) is 11.2 Å². The minimum absolute atomic E-state index is 0.138. The van der Waals surface area contributed by atoms with Gasteiger partial charge in [-0.1, -0.05) is 25.5 Å². The van der Waals surface area contributed by atoms with E-state index in [0.29, 0.717) is 18.8 Å². The van der Waals surface area contributed by atoms with Gasteiger partial charge < -0.3 is 9.64 Å². The molecule has 0 aromatic heterocycles. The second-order valence-electron chi connectivity index (χ2n) is 4.45. The molecule has 1 amide bonds. The number of halogens is 1. The zero-order valence-corrected chi connectivity index (χ0v) is 12.4. The first-order chi connectivity index (χ1) is 9.21. The number of hydrogen-bond donors (Lipinski definition) is 0. The number of carbonyl (C=O) groups excluding carboxylic acids is 1. The first-order valence-corrected chi connectivity index (χ1v) is 7.21. The van der Waals surface area contributed by atoms with Gasteiger partial charge in [0, 0.05) is 19.0 Å². The fourth-order valence-corrected chi connectivity index (χ4v) is 2.05. The molecule has 0 spiro atoms. The summed E-state index contributed by atoms with van der Waals surface area (Å²) in [5, 5.41) is 0. The van der Waals surface area contributed by atoms with E-state index in [9.17, 15) is 4.79 Å². The van der Waals surface area contributed by atoms with E-state index in [1.807, 2.05) is 29.2 Å². The molecule has 0 aliphatic carbocycles. The Balaban J connectivity index is 2.58. The van der Waals surface area contributed by atoms with Gasteiger partial charge in [0.1, 0.15) is 5.75 Å². The Labute approximate surface area is 120 Å². The van der Waals surface area contributed by atoms with Gasteiger partial charge in [-0.15, -0.1) is 11.6 Å². The van der Waals surface area contributed by atoms with Gasteiger partial charge in [0.15, 0.2) is 0 Å². The highest BCUT2D eigenvalue weighted by Gasteiger charge is 2.12. The molecule has 0 aliphatic heterocycles. The zero-order valence-electron chi connectivity index (χ0n) is 11.7. The van der Waals surface area contributed by atoms with Crippen molar-refractivity contribution < 1.29 is 9.53 Å². The summed E-state index contributed by atoms with van der Waals surface area (Å²) in [7, 11) is 1.63. The van der Waals surface area contributed by atoms with Crippen molar-refractivity contribution in [2.45, 2.75) is 26.2 Å². The molecule has 19 heavy (non-hydrogen) atoms. The van der Waals surface area contributed by atoms with Crippen molar-refractivity contribution in [2.24, 2.45) is 0 Å². The summed E-state index contributed by atoms with van der Waals surface area (Å²) in [5.74, 6) is 1.43. The van der Waals surface area contributed by atoms with E-state index >= 15 is 0 Å². The molecule has 0 fully saturated rings. The molecule has 1 aromatic rings. The number of benzene rings is 1. The van der Waals surface area contributed by atoms with Crippen molar-refractivity contribution in [1.29, 1.82) is 0 Å². The smallest absolute Gasteiger partial charge is 0.227 e. The van der Waals surface area contributed by atoms with Crippen LogP contribution in [0.4, 0.5) is 0 Å². The lowest BCUT2D eigenvalue weighted by molar-refractivity contribution is -0.130. The minimum Gasteiger partial charge on any atom is -0.497 e. The summed E-state index contributed by atoms with van der Waals surface area (Å²) in [4.78, 5) is 14.0. The predicted octanol–water partition coefficient (Wildman–Crippen LogP) is 3.11. The van der Waals surface area contributed by atoms with Crippen molar-refractivity contribution in [3.05, 3.63) is 29.8 Å². The first kappa shape index (κ1) is 15.8. The van der Waals surface area contributed by atoms with Crippen molar-refractivity contribution in [2.75, 3.05) is 26.1 Å². The molecule has 3 nitrogen and oxygen atoms in total. The molecule has 0 heterocycles. The molecule has 1 aromatic carbocycles. The number of methoxy groups -OCH3 is 1. The summed E-state index contributed by atoms with van der Waals surface area (Å²) >= 11 is 5.75. The number of carbonyl (C=O) groups is 1. The number of ether oxygens (including phenoxy) is 1. The molecule has 0 aliphatic rings. The van der Waals surface area contributed by atoms with Crippen LogP contribution in [0.1, 0.15) is 25.3 Å². The quantitative estimate of drug-likeness (QED) is 0.686. The van der Waals surface area contributed by atoms with E-state index in [4.69, 9.17) is 16.3 Å². The fourth-order valence-electron chi connectivity index (χ4n) is 1.84. The monoisotopic (exact) mass is 283 g/mol. The fraction of sp³-hybridized carbons (Fsp3) is 0.533. The number of amides is 1. The number of unbranched alkanes of at least 4 members (excludes halogenated alkanes) is 1. The Hall–Kier alpha value is -1.22. The van der Waals surface area contributed by atoms with Crippen LogP contribution in [0.3, 0.4) is 0 Å². The Kier molecular flexibility index (Phi) is 7.34. The van der Waals surface area contributed by atoms with Crippen LogP contribution in [0.5, 0.6) is 5.75 Å². The van der Waals surface area contributed by atoms with Crippen LogP contribution in [0.2, 0.25) is 0 Å². The van der Waals surface area contributed by atoms with Crippen LogP contribution in [-0.4, -0.2) is 36.9 Å². The van der Waals surface area contributed by atoms with Crippen LogP contribution < -0.4 is 4.74 Å². The maximum absolute atomic E-state index is 12.2. The molecule has 1 rings (SSSR count). The number of nitrogens with zero attached hydrogens (tertiary/aromatic N) is 1. The van der Waals surface area contributed by atoms with Crippen LogP contribution in [0.25, 0.3) is 0 Å². The molecule has 0 unspecified atom stereocenters. The molecule has 0 atom stereocenters. The Morgan fingerprint density at radius 3 is 2.47 bits per heavy atom. The summed E-state index contributed by atoms with van der Waals surface area (Å²) in [6, 6.07) is 7.60. The zero-order chi connectivity index (χ0) is 14.1. The summed E-state index contributed by atoms with van der Waals surface area (Å²) in [5.41, 5.74) is 1.00. The van der Waals surface area contributed by atoms with Crippen molar-refractivity contribution >= 4 is 17.5 Å². The molecule has 0 saturated carbocycles. The Morgan fingerprint density at radius 2 is 1.95 bits per heavy atom. The lowest BCUT2D eigenvalue weighted by Gasteiger charge is -2.21. The lowest BCUT2D eigenvalue weighted by Crippen LogP contribution is -2.34. The van der Waals surface area contributed by atoms with E-state index < -0.39 is 0 Å². The van der Waals surface area contributed by atoms with Gasteiger partial charge in [-0.25, -0.2) is 0 Å². The number of rotatable bonds is 8. The van der Waals surface area contributed by atoms with Gasteiger partial charge in [-0.05, 0) is 24.1 Å². The van der Waals surface area contributed by atoms with Crippen molar-refractivity contribution in [1.82, 2.24) is 4.90 Å². The number of hydrogen-bond acceptors (Lipinski definition) is 2. The highest BCUT2D eigenvalue weighted by Crippen LogP contribution is 2.12. The van der Waals surface area contributed by atoms with E-state index in [1.165, 1.54) is 0 Å². The normalized spacial score (nSPS) is 10.3. The SMILES string of the molecule is CCCCN(CCCl)C(=O)Cc1ccc(OC)cc1. The van der Waals surface area contributed by atoms with E-state index in [-0.39, 0.29) is 5.91 Å². The average molecular weight is 284 g/mol. The maximum atomic E-state index is 12.2. The van der Waals surface area contributed by atoms with Gasteiger partial charge in [-0.2, -0.15) is 0 Å². The van der Waals surface area contributed by atoms with E-state index in [1.54, 1.807) is 7.11 Å². The highest BCUT2D eigenvalue weighted by atomic mass is 35.5. The average Bonchev–Trinajstić information content (AvgIpc) is 2.44. The van der Waals surface area contributed by atoms with Crippen LogP contribution in [0.15, 0.2) is 24.3 Å². The minimum atomic E-state index is 0.138. The summed E-state index contributed by atoms with van der Waals surface area (Å²) < 4.78 is 5.10. The molecular formula is C15H22ClNO2. The van der Waals surface area contributed by atoms with Crippen LogP contribution >= 0.6 is 11.6 Å². The Bertz CT molecular complexity index is 378. The van der Waals surface area contributed by atoms with Gasteiger partial charge >= 0.3 is 0 Å². The van der Waals surface area contributed by atoms with Gasteiger partial charge in [-0.3, -0.25) is 4.79 Å². The van der Waals surface area contributed by atoms with Gasteiger partial charge in [0.25, 0.3) is 0 Å². The third-order valence-corrected chi connectivity index (χ3v) is 3.17. The first-order valence-electron chi connectivity index (χ1n) is 6.68. The predicted molar refractivity (Wildman–Crippen MR) is 78.9 cm³/mol. The summed E-state index contributed by atoms with van der Waals surface area (Å²) in [6.45, 7) is 3.53. The maximum Gasteiger partial charge on any atom is 0.227 e. The topological polar surface area (TPSA) is 29.5 Å². The van der Waals surface area contributed by atoms with Gasteiger partial charge in [0.05, 0.1) is 13.5 Å². The molecule has 106 valence electrons. The molecule has 0 bridgehead atoms. The molecule has 0 radical (unpaired) electrons. The Morgan fingerprint density at radius 1 is 1.26 bits per heavy atom. The third-order valence-electron chi connectivity index (χ3n) is 3.00. The van der Waals surface area contributed by atoms with Gasteiger partial charge in [0.2, 0.25) is 5.91 Å². The van der Waals surface area contributed by atoms with Crippen molar-refractivity contribution in [3.63, 3.8) is 0 Å². The van der Waals surface area contributed by atoms with Crippen molar-refractivity contribution in [3.8, 4) is 5.75 Å². The molecule has 0 saturated heterocycles. The summed E-state index contributed by atoms with van der Waals surface area (Å²) in [6.07, 6.45) is 2.52. The second kappa shape index (κ2) is 8.81. The second-order valence-corrected chi connectivity index (χ2v) is 4.83. The van der Waals surface area contributed by atoms with E-state index in [0.717, 1.165) is 30.7 Å². The lowest BCUT2D eigenvalue weighted by atomic mass is 10.1. The highest BCUT2D eigenvalue weighted by molar-refractivity contribution is 6.18. The standard InChI is InChI=1S/C15H22ClNO2/c1-3-4-10-17(11-9-16)15(18)12-13-5-7-14(19-2)8-6-13/h5-8H,3-4,9-12H2,1-2H3. The molecular weight excluding hydrogens is 262 g/mol. The number of alkyl halides is 1. The molecule has 0 N–H and O–H groups in total.